The molecule has 0 bridgehead atoms. The van der Waals surface area contributed by atoms with Gasteiger partial charge < -0.3 is 9.42 Å². The zero-order valence-corrected chi connectivity index (χ0v) is 4.62. The summed E-state index contributed by atoms with van der Waals surface area (Å²) in [7, 11) is -1.75. The van der Waals surface area contributed by atoms with Gasteiger partial charge in [0.15, 0.2) is 0 Å². The molecule has 0 aromatic carbocycles. The first-order chi connectivity index (χ1) is 2.77. The molecule has 6 heavy (non-hydrogen) atoms. The molecule has 0 saturated carbocycles. The Morgan fingerprint density at radius 2 is 2.50 bits per heavy atom. The van der Waals surface area contributed by atoms with Gasteiger partial charge in [-0.15, -0.1) is 0 Å². The van der Waals surface area contributed by atoms with Crippen LogP contribution < -0.4 is 0 Å². The van der Waals surface area contributed by atoms with Gasteiger partial charge >= 0.3 is 7.73 Å². The lowest BCUT2D eigenvalue weighted by molar-refractivity contribution is 0.458. The van der Waals surface area contributed by atoms with Crippen LogP contribution in [0.4, 0.5) is 0 Å². The first kappa shape index (κ1) is 6.22. The Balaban J connectivity index is 2.81. The van der Waals surface area contributed by atoms with Gasteiger partial charge in [0.25, 0.3) is 0 Å². The highest BCUT2D eigenvalue weighted by molar-refractivity contribution is 7.75. The molecular weight excluding hydrogens is 122 g/mol. The molecule has 0 aromatic heterocycles. The molecule has 1 unspecified atom stereocenters. The summed E-state index contributed by atoms with van der Waals surface area (Å²) >= 11 is 4.90. The monoisotopic (exact) mass is 126 g/mol. The Bertz CT molecular complexity index is 46.8. The Morgan fingerprint density at radius 3 is 2.50 bits per heavy atom. The summed E-state index contributed by atoms with van der Waals surface area (Å²) in [5.41, 5.74) is 0. The molecule has 0 spiro atoms. The van der Waals surface area contributed by atoms with Crippen LogP contribution >= 0.6 is 19.0 Å². The first-order valence-corrected chi connectivity index (χ1v) is 3.31. The Labute approximate surface area is 42.1 Å². The van der Waals surface area contributed by atoms with E-state index in [-0.39, 0.29) is 0 Å². The van der Waals surface area contributed by atoms with E-state index in [1.807, 2.05) is 0 Å². The molecule has 0 aliphatic carbocycles. The SMILES string of the molecule is C=COP(O)Cl. The van der Waals surface area contributed by atoms with E-state index >= 15 is 0 Å². The van der Waals surface area contributed by atoms with Crippen LogP contribution in [0.15, 0.2) is 12.8 Å². The second-order valence-corrected chi connectivity index (χ2v) is 2.03. The number of rotatable bonds is 2. The van der Waals surface area contributed by atoms with E-state index < -0.39 is 7.73 Å². The van der Waals surface area contributed by atoms with Crippen LogP contribution in [0.3, 0.4) is 0 Å². The maximum atomic E-state index is 8.09. The number of halogens is 1. The summed E-state index contributed by atoms with van der Waals surface area (Å²) in [6, 6.07) is 0. The van der Waals surface area contributed by atoms with Gasteiger partial charge in [0, 0.05) is 0 Å². The third-order valence-corrected chi connectivity index (χ3v) is 0.724. The third kappa shape index (κ3) is 4.22. The predicted molar refractivity (Wildman–Crippen MR) is 26.3 cm³/mol. The number of hydrogen-bond acceptors (Lipinski definition) is 2. The summed E-state index contributed by atoms with van der Waals surface area (Å²) < 4.78 is 4.19. The summed E-state index contributed by atoms with van der Waals surface area (Å²) in [5.74, 6) is 0. The van der Waals surface area contributed by atoms with Gasteiger partial charge in [-0.05, 0) is 11.2 Å². The summed E-state index contributed by atoms with van der Waals surface area (Å²) in [6.07, 6.45) is 1.10. The Morgan fingerprint density at radius 1 is 2.00 bits per heavy atom. The van der Waals surface area contributed by atoms with Crippen molar-refractivity contribution in [3.8, 4) is 0 Å². The second kappa shape index (κ2) is 3.41. The second-order valence-electron chi connectivity index (χ2n) is 0.498. The van der Waals surface area contributed by atoms with Crippen molar-refractivity contribution in [2.45, 2.75) is 0 Å². The van der Waals surface area contributed by atoms with Gasteiger partial charge in [0.2, 0.25) is 0 Å². The predicted octanol–water partition coefficient (Wildman–Crippen LogP) is 1.60. The van der Waals surface area contributed by atoms with Crippen LogP contribution in [0.1, 0.15) is 0 Å². The highest BCUT2D eigenvalue weighted by Crippen LogP contribution is 2.36. The highest BCUT2D eigenvalue weighted by Gasteiger charge is 1.90. The first-order valence-electron chi connectivity index (χ1n) is 1.20. The van der Waals surface area contributed by atoms with Crippen LogP contribution in [0.2, 0.25) is 0 Å². The highest BCUT2D eigenvalue weighted by atomic mass is 35.7. The minimum atomic E-state index is -1.75. The van der Waals surface area contributed by atoms with Crippen LogP contribution in [-0.4, -0.2) is 4.89 Å². The van der Waals surface area contributed by atoms with E-state index in [1.165, 1.54) is 0 Å². The van der Waals surface area contributed by atoms with E-state index in [1.54, 1.807) is 0 Å². The fraction of sp³-hybridized carbons (Fsp3) is 0. The molecule has 0 radical (unpaired) electrons. The maximum absolute atomic E-state index is 8.09. The van der Waals surface area contributed by atoms with Crippen molar-refractivity contribution in [1.29, 1.82) is 0 Å². The van der Waals surface area contributed by atoms with Gasteiger partial charge in [-0.25, -0.2) is 0 Å². The summed E-state index contributed by atoms with van der Waals surface area (Å²) in [6.45, 7) is 3.15. The largest absolute Gasteiger partial charge is 0.445 e. The molecule has 4 heteroatoms. The van der Waals surface area contributed by atoms with Crippen molar-refractivity contribution in [2.75, 3.05) is 0 Å². The lowest BCUT2D eigenvalue weighted by Gasteiger charge is -1.92. The van der Waals surface area contributed by atoms with Crippen molar-refractivity contribution < 1.29 is 9.42 Å². The average molecular weight is 126 g/mol. The molecule has 0 heterocycles. The smallest absolute Gasteiger partial charge is 0.334 e. The van der Waals surface area contributed by atoms with E-state index in [2.05, 4.69) is 11.1 Å². The van der Waals surface area contributed by atoms with E-state index in [0.717, 1.165) is 6.26 Å². The molecule has 2 nitrogen and oxygen atoms in total. The zero-order valence-electron chi connectivity index (χ0n) is 2.97. The lowest BCUT2D eigenvalue weighted by atomic mass is 11.2. The minimum absolute atomic E-state index is 1.10. The maximum Gasteiger partial charge on any atom is 0.334 e. The van der Waals surface area contributed by atoms with Crippen molar-refractivity contribution in [3.05, 3.63) is 12.8 Å². The molecule has 1 atom stereocenters. The third-order valence-electron chi connectivity index (χ3n) is 0.162. The van der Waals surface area contributed by atoms with Crippen LogP contribution in [-0.2, 0) is 4.52 Å². The fourth-order valence-electron chi connectivity index (χ4n) is 0.0615. The van der Waals surface area contributed by atoms with Crippen molar-refractivity contribution in [1.82, 2.24) is 0 Å². The molecule has 1 N–H and O–H groups in total. The molecular formula is C2H4ClO2P. The molecule has 0 amide bonds. The van der Waals surface area contributed by atoms with E-state index in [4.69, 9.17) is 16.1 Å². The van der Waals surface area contributed by atoms with Crippen LogP contribution in [0.5, 0.6) is 0 Å². The minimum Gasteiger partial charge on any atom is -0.445 e. The van der Waals surface area contributed by atoms with Crippen molar-refractivity contribution >= 4 is 19.0 Å². The average Bonchev–Trinajstić information content (AvgIpc) is 1.35. The lowest BCUT2D eigenvalue weighted by Crippen LogP contribution is -1.58. The summed E-state index contributed by atoms with van der Waals surface area (Å²) in [4.78, 5) is 8.09. The number of hydrogen-bond donors (Lipinski definition) is 1. The molecule has 36 valence electrons. The summed E-state index contributed by atoms with van der Waals surface area (Å²) in [5, 5.41) is 0. The van der Waals surface area contributed by atoms with Gasteiger partial charge in [-0.3, -0.25) is 0 Å². The normalized spacial score (nSPS) is 13.0. The quantitative estimate of drug-likeness (QED) is 0.450. The van der Waals surface area contributed by atoms with E-state index in [0.29, 0.717) is 0 Å². The van der Waals surface area contributed by atoms with Gasteiger partial charge in [0.05, 0.1) is 6.26 Å². The topological polar surface area (TPSA) is 29.5 Å². The molecule has 0 rings (SSSR count). The van der Waals surface area contributed by atoms with E-state index in [9.17, 15) is 0 Å². The molecule has 0 aliphatic heterocycles. The van der Waals surface area contributed by atoms with Crippen LogP contribution in [0, 0.1) is 0 Å². The van der Waals surface area contributed by atoms with Gasteiger partial charge in [-0.2, -0.15) is 0 Å². The molecule has 0 saturated heterocycles. The zero-order chi connectivity index (χ0) is 4.99. The fourth-order valence-corrected chi connectivity index (χ4v) is 0.354. The molecule has 0 aliphatic rings. The Hall–Kier alpha value is 0.220. The van der Waals surface area contributed by atoms with Crippen molar-refractivity contribution in [3.63, 3.8) is 0 Å². The molecule has 0 aromatic rings. The van der Waals surface area contributed by atoms with Crippen LogP contribution in [0.25, 0.3) is 0 Å². The van der Waals surface area contributed by atoms with Gasteiger partial charge in [-0.1, -0.05) is 6.58 Å². The molecule has 0 fully saturated rings. The standard InChI is InChI=1S/C2H4ClO2P/c1-2-5-6(3)4/h2,4H,1H2. The van der Waals surface area contributed by atoms with Gasteiger partial charge in [0.1, 0.15) is 0 Å². The van der Waals surface area contributed by atoms with Crippen molar-refractivity contribution in [2.24, 2.45) is 0 Å². The Kier molecular flexibility index (Phi) is 3.54.